The van der Waals surface area contributed by atoms with Crippen molar-refractivity contribution in [3.8, 4) is 5.88 Å². The number of benzene rings is 1. The normalized spacial score (nSPS) is 12.7. The van der Waals surface area contributed by atoms with Gasteiger partial charge in [-0.1, -0.05) is 31.5 Å². The van der Waals surface area contributed by atoms with Crippen LogP contribution in [0.25, 0.3) is 0 Å². The molecule has 8 heteroatoms. The van der Waals surface area contributed by atoms with Gasteiger partial charge in [0, 0.05) is 30.0 Å². The van der Waals surface area contributed by atoms with Crippen molar-refractivity contribution in [2.75, 3.05) is 6.61 Å². The monoisotopic (exact) mass is 497 g/mol. The zero-order valence-corrected chi connectivity index (χ0v) is 21.1. The number of aromatic nitrogens is 1. The van der Waals surface area contributed by atoms with Crippen LogP contribution in [0.1, 0.15) is 60.1 Å². The summed E-state index contributed by atoms with van der Waals surface area (Å²) in [7, 11) is 0. The third-order valence-electron chi connectivity index (χ3n) is 5.79. The molecule has 0 saturated carbocycles. The minimum absolute atomic E-state index is 0.0842. The zero-order chi connectivity index (χ0) is 25.4. The maximum absolute atomic E-state index is 13.4. The van der Waals surface area contributed by atoms with Gasteiger partial charge in [0.05, 0.1) is 12.1 Å². The third-order valence-corrected chi connectivity index (χ3v) is 6.66. The van der Waals surface area contributed by atoms with Crippen LogP contribution in [0.5, 0.6) is 5.88 Å². The quantitative estimate of drug-likeness (QED) is 0.339. The highest BCUT2D eigenvalue weighted by molar-refractivity contribution is 7.09. The molecule has 0 saturated heterocycles. The minimum atomic E-state index is -1.06. The Morgan fingerprint density at radius 2 is 1.83 bits per heavy atom. The van der Waals surface area contributed by atoms with Gasteiger partial charge in [-0.2, -0.15) is 0 Å². The van der Waals surface area contributed by atoms with Gasteiger partial charge in [-0.3, -0.25) is 9.59 Å². The predicted molar refractivity (Wildman–Crippen MR) is 134 cm³/mol. The Balaban J connectivity index is 1.87. The fraction of sp³-hybridized carbons (Fsp3) is 0.370. The molecule has 0 radical (unpaired) electrons. The van der Waals surface area contributed by atoms with Gasteiger partial charge in [-0.15, -0.1) is 11.3 Å². The number of rotatable bonds is 12. The van der Waals surface area contributed by atoms with Crippen LogP contribution in [0, 0.1) is 5.41 Å². The minimum Gasteiger partial charge on any atom is -0.478 e. The van der Waals surface area contributed by atoms with Gasteiger partial charge >= 0.3 is 17.9 Å². The molecule has 0 bridgehead atoms. The van der Waals surface area contributed by atoms with E-state index in [1.807, 2.05) is 28.1 Å². The van der Waals surface area contributed by atoms with Crippen molar-refractivity contribution in [3.63, 3.8) is 0 Å². The number of esters is 2. The molecule has 1 aromatic carbocycles. The fourth-order valence-electron chi connectivity index (χ4n) is 3.73. The van der Waals surface area contributed by atoms with Crippen molar-refractivity contribution in [2.45, 2.75) is 53.0 Å². The standard InChI is InChI=1S/C27H31NO6S/c1-4-5-7-22-13-14-24(28(22)17-20-9-11-21(12-10-20)25(30)31)34-26(32)27(3,18-33-19(2)29)16-23-8-6-15-35-23/h6,8-15H,4-5,7,16-18H2,1-3H3,(H,30,31). The lowest BCUT2D eigenvalue weighted by Gasteiger charge is -2.26. The Morgan fingerprint density at radius 3 is 2.43 bits per heavy atom. The van der Waals surface area contributed by atoms with Gasteiger partial charge in [0.15, 0.2) is 0 Å². The van der Waals surface area contributed by atoms with Gasteiger partial charge in [-0.25, -0.2) is 4.79 Å². The van der Waals surface area contributed by atoms with Crippen LogP contribution in [0.3, 0.4) is 0 Å². The number of nitrogens with zero attached hydrogens (tertiary/aromatic N) is 1. The topological polar surface area (TPSA) is 94.8 Å². The van der Waals surface area contributed by atoms with Crippen LogP contribution in [-0.4, -0.2) is 34.2 Å². The average Bonchev–Trinajstić information content (AvgIpc) is 3.47. The van der Waals surface area contributed by atoms with Crippen molar-refractivity contribution in [2.24, 2.45) is 5.41 Å². The van der Waals surface area contributed by atoms with Crippen molar-refractivity contribution in [1.29, 1.82) is 0 Å². The second-order valence-corrected chi connectivity index (χ2v) is 9.87. The summed E-state index contributed by atoms with van der Waals surface area (Å²) in [6, 6.07) is 14.2. The Morgan fingerprint density at radius 1 is 1.09 bits per heavy atom. The Labute approximate surface area is 209 Å². The lowest BCUT2D eigenvalue weighted by atomic mass is 9.87. The molecule has 0 aliphatic carbocycles. The highest BCUT2D eigenvalue weighted by atomic mass is 32.1. The number of unbranched alkanes of at least 4 members (excludes halogenated alkanes) is 1. The molecule has 7 nitrogen and oxygen atoms in total. The summed E-state index contributed by atoms with van der Waals surface area (Å²) < 4.78 is 13.1. The number of hydrogen-bond acceptors (Lipinski definition) is 6. The number of carboxylic acids is 1. The Bertz CT molecular complexity index is 1150. The van der Waals surface area contributed by atoms with E-state index >= 15 is 0 Å². The van der Waals surface area contributed by atoms with Gasteiger partial charge in [-0.05, 0) is 55.0 Å². The average molecular weight is 498 g/mol. The lowest BCUT2D eigenvalue weighted by molar-refractivity contribution is -0.155. The van der Waals surface area contributed by atoms with E-state index in [4.69, 9.17) is 14.6 Å². The molecule has 0 amide bonds. The summed E-state index contributed by atoms with van der Waals surface area (Å²) in [5.41, 5.74) is 1.08. The van der Waals surface area contributed by atoms with E-state index in [2.05, 4.69) is 6.92 Å². The molecule has 1 atom stereocenters. The van der Waals surface area contributed by atoms with Gasteiger partial charge in [0.25, 0.3) is 0 Å². The lowest BCUT2D eigenvalue weighted by Crippen LogP contribution is -2.39. The predicted octanol–water partition coefficient (Wildman–Crippen LogP) is 5.36. The summed E-state index contributed by atoms with van der Waals surface area (Å²) in [5.74, 6) is -1.50. The summed E-state index contributed by atoms with van der Waals surface area (Å²) in [6.45, 7) is 5.52. The molecular formula is C27H31NO6S. The zero-order valence-electron chi connectivity index (χ0n) is 20.3. The molecule has 3 rings (SSSR count). The fourth-order valence-corrected chi connectivity index (χ4v) is 4.62. The van der Waals surface area contributed by atoms with Crippen LogP contribution >= 0.6 is 11.3 Å². The number of carbonyl (C=O) groups is 3. The van der Waals surface area contributed by atoms with Gasteiger partial charge < -0.3 is 19.1 Å². The highest BCUT2D eigenvalue weighted by Gasteiger charge is 2.38. The van der Waals surface area contributed by atoms with Crippen molar-refractivity contribution in [3.05, 3.63) is 75.6 Å². The second kappa shape index (κ2) is 11.8. The smallest absolute Gasteiger partial charge is 0.335 e. The molecule has 0 spiro atoms. The Kier molecular flexibility index (Phi) is 8.87. The number of hydrogen-bond donors (Lipinski definition) is 1. The number of carboxylic acid groups (broad SMARTS) is 1. The van der Waals surface area contributed by atoms with Crippen LogP contribution in [0.2, 0.25) is 0 Å². The van der Waals surface area contributed by atoms with Crippen LogP contribution in [0.15, 0.2) is 53.9 Å². The maximum Gasteiger partial charge on any atom is 0.335 e. The van der Waals surface area contributed by atoms with Crippen molar-refractivity contribution >= 4 is 29.2 Å². The van der Waals surface area contributed by atoms with E-state index in [1.165, 1.54) is 18.3 Å². The SMILES string of the molecule is CCCCc1ccc(OC(=O)C(C)(COC(C)=O)Cc2cccs2)n1Cc1ccc(C(=O)O)cc1. The molecule has 2 aromatic heterocycles. The van der Waals surface area contributed by atoms with Gasteiger partial charge in [0.2, 0.25) is 5.88 Å². The highest BCUT2D eigenvalue weighted by Crippen LogP contribution is 2.30. The summed E-state index contributed by atoms with van der Waals surface area (Å²) in [4.78, 5) is 37.1. The third kappa shape index (κ3) is 7.05. The van der Waals surface area contributed by atoms with E-state index in [-0.39, 0.29) is 12.2 Å². The van der Waals surface area contributed by atoms with Gasteiger partial charge in [0.1, 0.15) is 12.0 Å². The van der Waals surface area contributed by atoms with Crippen LogP contribution in [-0.2, 0) is 33.7 Å². The molecule has 2 heterocycles. The van der Waals surface area contributed by atoms with Crippen molar-refractivity contribution < 1.29 is 29.0 Å². The van der Waals surface area contributed by atoms with E-state index in [0.717, 1.165) is 35.4 Å². The van der Waals surface area contributed by atoms with E-state index < -0.39 is 23.3 Å². The summed E-state index contributed by atoms with van der Waals surface area (Å²) >= 11 is 1.53. The van der Waals surface area contributed by atoms with Crippen LogP contribution in [0.4, 0.5) is 0 Å². The number of thiophene rings is 1. The van der Waals surface area contributed by atoms with E-state index in [1.54, 1.807) is 37.3 Å². The molecule has 3 aromatic rings. The summed E-state index contributed by atoms with van der Waals surface area (Å²) in [5, 5.41) is 11.1. The first-order chi connectivity index (χ1) is 16.7. The molecule has 1 unspecified atom stereocenters. The summed E-state index contributed by atoms with van der Waals surface area (Å²) in [6.07, 6.45) is 3.21. The van der Waals surface area contributed by atoms with Crippen LogP contribution < -0.4 is 4.74 Å². The molecule has 0 aliphatic rings. The largest absolute Gasteiger partial charge is 0.478 e. The molecule has 35 heavy (non-hydrogen) atoms. The Hall–Kier alpha value is -3.39. The first kappa shape index (κ1) is 26.2. The molecule has 0 aliphatic heterocycles. The second-order valence-electron chi connectivity index (χ2n) is 8.84. The van der Waals surface area contributed by atoms with E-state index in [0.29, 0.717) is 18.8 Å². The molecule has 1 N–H and O–H groups in total. The first-order valence-corrected chi connectivity index (χ1v) is 12.5. The maximum atomic E-state index is 13.4. The number of aryl methyl sites for hydroxylation is 1. The number of aromatic carboxylic acids is 1. The number of ether oxygens (including phenoxy) is 2. The van der Waals surface area contributed by atoms with Crippen molar-refractivity contribution in [1.82, 2.24) is 4.57 Å². The first-order valence-electron chi connectivity index (χ1n) is 11.6. The number of carbonyl (C=O) groups excluding carboxylic acids is 2. The molecule has 0 fully saturated rings. The molecule has 186 valence electrons. The molecular weight excluding hydrogens is 466 g/mol. The van der Waals surface area contributed by atoms with E-state index in [9.17, 15) is 14.4 Å².